The van der Waals surface area contributed by atoms with Crippen LogP contribution in [0, 0.1) is 23.2 Å². The number of benzene rings is 1. The van der Waals surface area contributed by atoms with Crippen molar-refractivity contribution in [2.45, 2.75) is 13.0 Å². The van der Waals surface area contributed by atoms with Crippen LogP contribution in [0.4, 0.5) is 4.79 Å². The first-order valence-electron chi connectivity index (χ1n) is 7.08. The van der Waals surface area contributed by atoms with Crippen molar-refractivity contribution in [1.82, 2.24) is 10.3 Å². The van der Waals surface area contributed by atoms with Gasteiger partial charge in [0.2, 0.25) is 0 Å². The van der Waals surface area contributed by atoms with Crippen LogP contribution in [0.3, 0.4) is 0 Å². The number of aromatic nitrogens is 1. The van der Waals surface area contributed by atoms with E-state index in [1.807, 2.05) is 36.4 Å². The zero-order valence-electron chi connectivity index (χ0n) is 12.5. The van der Waals surface area contributed by atoms with Crippen molar-refractivity contribution in [3.63, 3.8) is 0 Å². The van der Waals surface area contributed by atoms with Gasteiger partial charge in [-0.15, -0.1) is 0 Å². The second-order valence-electron chi connectivity index (χ2n) is 4.55. The molecule has 0 fully saturated rings. The fourth-order valence-electron chi connectivity index (χ4n) is 1.75. The zero-order chi connectivity index (χ0) is 16.3. The molecule has 1 heterocycles. The molecule has 1 amide bonds. The Morgan fingerprint density at radius 1 is 1.22 bits per heavy atom. The summed E-state index contributed by atoms with van der Waals surface area (Å²) in [5.41, 5.74) is 1.82. The van der Waals surface area contributed by atoms with Crippen molar-refractivity contribution in [2.75, 3.05) is 6.54 Å². The molecule has 0 aliphatic carbocycles. The molecule has 0 bridgehead atoms. The fraction of sp³-hybridized carbons (Fsp3) is 0.167. The lowest BCUT2D eigenvalue weighted by Crippen LogP contribution is -2.24. The van der Waals surface area contributed by atoms with E-state index in [0.717, 1.165) is 5.56 Å². The molecule has 23 heavy (non-hydrogen) atoms. The highest BCUT2D eigenvalue weighted by molar-refractivity contribution is 5.67. The van der Waals surface area contributed by atoms with E-state index in [2.05, 4.69) is 22.1 Å². The predicted octanol–water partition coefficient (Wildman–Crippen LogP) is 2.62. The van der Waals surface area contributed by atoms with E-state index in [4.69, 9.17) is 10.00 Å². The summed E-state index contributed by atoms with van der Waals surface area (Å²) >= 11 is 0. The molecule has 2 aromatic rings. The van der Waals surface area contributed by atoms with Gasteiger partial charge in [0.25, 0.3) is 0 Å². The lowest BCUT2D eigenvalue weighted by molar-refractivity contribution is 0.140. The van der Waals surface area contributed by atoms with Crippen molar-refractivity contribution in [3.8, 4) is 17.9 Å². The molecule has 0 atom stereocenters. The summed E-state index contributed by atoms with van der Waals surface area (Å²) in [5, 5.41) is 11.5. The number of alkyl carbamates (subject to hydrolysis) is 1. The summed E-state index contributed by atoms with van der Waals surface area (Å²) in [4.78, 5) is 15.4. The largest absolute Gasteiger partial charge is 0.445 e. The Balaban J connectivity index is 1.70. The van der Waals surface area contributed by atoms with Gasteiger partial charge in [0, 0.05) is 19.2 Å². The molecule has 5 nitrogen and oxygen atoms in total. The van der Waals surface area contributed by atoms with E-state index in [1.54, 1.807) is 18.3 Å². The number of carbonyl (C=O) groups excluding carboxylic acids is 1. The summed E-state index contributed by atoms with van der Waals surface area (Å²) in [6.45, 7) is 0.613. The Morgan fingerprint density at radius 2 is 2.04 bits per heavy atom. The van der Waals surface area contributed by atoms with Gasteiger partial charge in [-0.25, -0.2) is 9.78 Å². The number of amides is 1. The van der Waals surface area contributed by atoms with Crippen LogP contribution in [-0.4, -0.2) is 17.6 Å². The fourth-order valence-corrected chi connectivity index (χ4v) is 1.75. The summed E-state index contributed by atoms with van der Waals surface area (Å²) < 4.78 is 5.08. The maximum Gasteiger partial charge on any atom is 0.407 e. The van der Waals surface area contributed by atoms with Gasteiger partial charge in [0.15, 0.2) is 5.69 Å². The average Bonchev–Trinajstić information content (AvgIpc) is 2.61. The summed E-state index contributed by atoms with van der Waals surface area (Å²) in [6, 6.07) is 14.9. The maximum absolute atomic E-state index is 11.5. The van der Waals surface area contributed by atoms with Crippen LogP contribution in [0.2, 0.25) is 0 Å². The third kappa shape index (κ3) is 5.53. The van der Waals surface area contributed by atoms with Gasteiger partial charge < -0.3 is 10.1 Å². The molecule has 2 rings (SSSR count). The van der Waals surface area contributed by atoms with Crippen LogP contribution in [0.25, 0.3) is 0 Å². The first kappa shape index (κ1) is 16.1. The molecule has 0 spiro atoms. The van der Waals surface area contributed by atoms with E-state index in [9.17, 15) is 4.79 Å². The average molecular weight is 305 g/mol. The molecular formula is C18H15N3O2. The first-order valence-corrected chi connectivity index (χ1v) is 7.08. The number of rotatable bonds is 4. The van der Waals surface area contributed by atoms with E-state index in [-0.39, 0.29) is 6.61 Å². The minimum absolute atomic E-state index is 0.236. The number of ether oxygens (including phenoxy) is 1. The van der Waals surface area contributed by atoms with Crippen molar-refractivity contribution < 1.29 is 9.53 Å². The number of pyridine rings is 1. The van der Waals surface area contributed by atoms with Gasteiger partial charge >= 0.3 is 6.09 Å². The van der Waals surface area contributed by atoms with Gasteiger partial charge in [0.1, 0.15) is 12.7 Å². The number of hydrogen-bond donors (Lipinski definition) is 1. The van der Waals surface area contributed by atoms with Crippen molar-refractivity contribution in [1.29, 1.82) is 5.26 Å². The van der Waals surface area contributed by atoms with Gasteiger partial charge in [-0.1, -0.05) is 42.2 Å². The standard InChI is InChI=1S/C18H15N3O2/c19-13-17-16(10-6-12-20-17)9-4-5-11-21-18(22)23-14-15-7-2-1-3-8-15/h1-3,6-8,10,12H,5,11,14H2,(H,21,22). The van der Waals surface area contributed by atoms with Gasteiger partial charge in [-0.05, 0) is 17.7 Å². The number of carbonyl (C=O) groups is 1. The Labute approximate surface area is 134 Å². The van der Waals surface area contributed by atoms with Crippen LogP contribution >= 0.6 is 0 Å². The quantitative estimate of drug-likeness (QED) is 0.696. The molecule has 114 valence electrons. The lowest BCUT2D eigenvalue weighted by atomic mass is 10.2. The van der Waals surface area contributed by atoms with E-state index < -0.39 is 6.09 Å². The number of nitriles is 1. The normalized spacial score (nSPS) is 9.17. The molecule has 1 aromatic carbocycles. The highest BCUT2D eigenvalue weighted by Crippen LogP contribution is 2.01. The minimum Gasteiger partial charge on any atom is -0.445 e. The molecule has 0 unspecified atom stereocenters. The minimum atomic E-state index is -0.477. The molecule has 5 heteroatoms. The van der Waals surface area contributed by atoms with Crippen LogP contribution in [0.5, 0.6) is 0 Å². The van der Waals surface area contributed by atoms with Crippen molar-refractivity contribution >= 4 is 6.09 Å². The van der Waals surface area contributed by atoms with Crippen molar-refractivity contribution in [3.05, 3.63) is 65.5 Å². The monoisotopic (exact) mass is 305 g/mol. The van der Waals surface area contributed by atoms with Gasteiger partial charge in [-0.3, -0.25) is 0 Å². The van der Waals surface area contributed by atoms with E-state index in [1.165, 1.54) is 0 Å². The summed E-state index contributed by atoms with van der Waals surface area (Å²) in [5.74, 6) is 5.76. The number of nitrogens with zero attached hydrogens (tertiary/aromatic N) is 2. The molecule has 1 aromatic heterocycles. The second kappa shape index (κ2) is 8.86. The highest BCUT2D eigenvalue weighted by atomic mass is 16.5. The zero-order valence-corrected chi connectivity index (χ0v) is 12.5. The molecule has 0 aliphatic rings. The Kier molecular flexibility index (Phi) is 6.19. The van der Waals surface area contributed by atoms with Crippen molar-refractivity contribution in [2.24, 2.45) is 0 Å². The highest BCUT2D eigenvalue weighted by Gasteiger charge is 2.01. The van der Waals surface area contributed by atoms with Gasteiger partial charge in [-0.2, -0.15) is 5.26 Å². The number of nitrogens with one attached hydrogen (secondary N) is 1. The SMILES string of the molecule is N#Cc1ncccc1C#CCCNC(=O)OCc1ccccc1. The predicted molar refractivity (Wildman–Crippen MR) is 85.1 cm³/mol. The lowest BCUT2D eigenvalue weighted by Gasteiger charge is -2.05. The second-order valence-corrected chi connectivity index (χ2v) is 4.55. The van der Waals surface area contributed by atoms with Crippen LogP contribution < -0.4 is 5.32 Å². The van der Waals surface area contributed by atoms with Crippen LogP contribution in [-0.2, 0) is 11.3 Å². The topological polar surface area (TPSA) is 75.0 Å². The molecule has 0 aliphatic heterocycles. The molecule has 1 N–H and O–H groups in total. The molecule has 0 saturated heterocycles. The third-order valence-electron chi connectivity index (χ3n) is 2.87. The first-order chi connectivity index (χ1) is 11.3. The Morgan fingerprint density at radius 3 is 2.83 bits per heavy atom. The molecule has 0 radical (unpaired) electrons. The smallest absolute Gasteiger partial charge is 0.407 e. The summed E-state index contributed by atoms with van der Waals surface area (Å²) in [7, 11) is 0. The Hall–Kier alpha value is -3.31. The van der Waals surface area contributed by atoms with Crippen LogP contribution in [0.15, 0.2) is 48.7 Å². The third-order valence-corrected chi connectivity index (χ3v) is 2.87. The molecule has 0 saturated carbocycles. The van der Waals surface area contributed by atoms with Crippen LogP contribution in [0.1, 0.15) is 23.2 Å². The maximum atomic E-state index is 11.5. The molecular weight excluding hydrogens is 290 g/mol. The van der Waals surface area contributed by atoms with E-state index >= 15 is 0 Å². The van der Waals surface area contributed by atoms with Gasteiger partial charge in [0.05, 0.1) is 5.56 Å². The summed E-state index contributed by atoms with van der Waals surface area (Å²) in [6.07, 6.45) is 1.53. The van der Waals surface area contributed by atoms with E-state index in [0.29, 0.717) is 24.2 Å². The number of hydrogen-bond acceptors (Lipinski definition) is 4. The Bertz CT molecular complexity index is 755.